The van der Waals surface area contributed by atoms with Crippen LogP contribution in [0.5, 0.6) is 0 Å². The first-order chi connectivity index (χ1) is 17.4. The Morgan fingerprint density at radius 3 is 2.75 bits per heavy atom. The van der Waals surface area contributed by atoms with E-state index in [9.17, 15) is 4.79 Å². The molecule has 0 unspecified atom stereocenters. The van der Waals surface area contributed by atoms with E-state index in [1.165, 1.54) is 6.33 Å². The van der Waals surface area contributed by atoms with E-state index in [1.54, 1.807) is 22.4 Å². The average molecular weight is 485 g/mol. The van der Waals surface area contributed by atoms with Gasteiger partial charge in [0.05, 0.1) is 23.1 Å². The van der Waals surface area contributed by atoms with E-state index in [0.717, 1.165) is 24.0 Å². The Kier molecular flexibility index (Phi) is 5.02. The Balaban J connectivity index is 1.47. The van der Waals surface area contributed by atoms with Crippen LogP contribution in [0, 0.1) is 6.92 Å². The lowest BCUT2D eigenvalue weighted by Gasteiger charge is -2.21. The van der Waals surface area contributed by atoms with Crippen molar-refractivity contribution in [1.82, 2.24) is 39.5 Å². The lowest BCUT2D eigenvalue weighted by Crippen LogP contribution is -2.28. The zero-order chi connectivity index (χ0) is 25.0. The third kappa shape index (κ3) is 3.67. The maximum atomic E-state index is 13.9. The Hall–Kier alpha value is -4.61. The number of fused-ring (bicyclic) bond motifs is 1. The molecule has 12 heteroatoms. The molecule has 4 heterocycles. The van der Waals surface area contributed by atoms with E-state index in [0.29, 0.717) is 34.0 Å². The Labute approximate surface area is 205 Å². The minimum atomic E-state index is -0.387. The number of nitrogens with two attached hydrogens (primary N) is 1. The molecule has 36 heavy (non-hydrogen) atoms. The molecule has 4 aromatic heterocycles. The van der Waals surface area contributed by atoms with Crippen LogP contribution in [0.25, 0.3) is 33.5 Å². The molecule has 0 saturated heterocycles. The lowest BCUT2D eigenvalue weighted by atomic mass is 10.0. The molecule has 0 spiro atoms. The van der Waals surface area contributed by atoms with Crippen LogP contribution in [0.15, 0.2) is 46.1 Å². The monoisotopic (exact) mass is 484 g/mol. The van der Waals surface area contributed by atoms with Crippen molar-refractivity contribution >= 4 is 22.5 Å². The second-order valence-corrected chi connectivity index (χ2v) is 8.95. The van der Waals surface area contributed by atoms with Crippen molar-refractivity contribution in [2.75, 3.05) is 11.1 Å². The number of nitrogen functional groups attached to an aromatic ring is 1. The van der Waals surface area contributed by atoms with Gasteiger partial charge < -0.3 is 15.5 Å². The predicted molar refractivity (Wildman–Crippen MR) is 133 cm³/mol. The highest BCUT2D eigenvalue weighted by Crippen LogP contribution is 2.38. The maximum Gasteiger partial charge on any atom is 0.262 e. The first kappa shape index (κ1) is 21.9. The van der Waals surface area contributed by atoms with Gasteiger partial charge in [-0.3, -0.25) is 14.0 Å². The van der Waals surface area contributed by atoms with Crippen molar-refractivity contribution in [2.24, 2.45) is 7.05 Å². The number of anilines is 2. The maximum absolute atomic E-state index is 13.9. The molecule has 3 N–H and O–H groups in total. The summed E-state index contributed by atoms with van der Waals surface area (Å²) in [5.41, 5.74) is 8.79. The van der Waals surface area contributed by atoms with Gasteiger partial charge in [-0.05, 0) is 31.4 Å². The second-order valence-electron chi connectivity index (χ2n) is 8.95. The van der Waals surface area contributed by atoms with Gasteiger partial charge in [0, 0.05) is 31.8 Å². The molecule has 5 aromatic rings. The van der Waals surface area contributed by atoms with Gasteiger partial charge in [-0.1, -0.05) is 12.1 Å². The van der Waals surface area contributed by atoms with Gasteiger partial charge in [0.25, 0.3) is 11.4 Å². The average Bonchev–Trinajstić information content (AvgIpc) is 3.45. The number of benzene rings is 1. The van der Waals surface area contributed by atoms with E-state index in [1.807, 2.05) is 38.4 Å². The van der Waals surface area contributed by atoms with Gasteiger partial charge in [0.2, 0.25) is 5.89 Å². The zero-order valence-electron chi connectivity index (χ0n) is 20.0. The molecule has 6 rings (SSSR count). The van der Waals surface area contributed by atoms with Crippen molar-refractivity contribution in [3.05, 3.63) is 59.0 Å². The fraction of sp³-hybridized carbons (Fsp3) is 0.292. The van der Waals surface area contributed by atoms with Crippen molar-refractivity contribution in [3.8, 4) is 22.6 Å². The summed E-state index contributed by atoms with van der Waals surface area (Å²) in [6.45, 7) is 3.62. The van der Waals surface area contributed by atoms with Crippen molar-refractivity contribution in [2.45, 2.75) is 38.8 Å². The van der Waals surface area contributed by atoms with Crippen molar-refractivity contribution < 1.29 is 4.42 Å². The van der Waals surface area contributed by atoms with Crippen LogP contribution >= 0.6 is 0 Å². The molecule has 0 radical (unpaired) electrons. The molecule has 1 atom stereocenters. The highest BCUT2D eigenvalue weighted by Gasteiger charge is 2.31. The smallest absolute Gasteiger partial charge is 0.262 e. The normalized spacial score (nSPS) is 14.3. The topological polar surface area (TPSA) is 155 Å². The van der Waals surface area contributed by atoms with Crippen LogP contribution < -0.4 is 16.6 Å². The predicted octanol–water partition coefficient (Wildman–Crippen LogP) is 3.04. The minimum Gasteiger partial charge on any atom is -0.421 e. The molecule has 1 aromatic carbocycles. The SMILES string of the molecule is Cc1nnc(-c2c(N)ncnc2N[C@@H](C)c2nc3cccc(-c4cnn(C)c4)c3c(=O)n2C2CC2)o1. The van der Waals surface area contributed by atoms with Crippen LogP contribution in [-0.4, -0.2) is 39.5 Å². The molecular formula is C24H24N10O2. The number of nitrogens with zero attached hydrogens (tertiary/aromatic N) is 8. The highest BCUT2D eigenvalue weighted by atomic mass is 16.4. The van der Waals surface area contributed by atoms with Gasteiger partial charge in [0.1, 0.15) is 29.4 Å². The summed E-state index contributed by atoms with van der Waals surface area (Å²) >= 11 is 0. The van der Waals surface area contributed by atoms with Gasteiger partial charge in [0.15, 0.2) is 0 Å². The van der Waals surface area contributed by atoms with E-state index in [2.05, 4.69) is 30.6 Å². The van der Waals surface area contributed by atoms with Crippen LogP contribution in [-0.2, 0) is 7.05 Å². The van der Waals surface area contributed by atoms with Crippen LogP contribution in [0.2, 0.25) is 0 Å². The van der Waals surface area contributed by atoms with Crippen molar-refractivity contribution in [1.29, 1.82) is 0 Å². The fourth-order valence-corrected chi connectivity index (χ4v) is 4.44. The van der Waals surface area contributed by atoms with E-state index >= 15 is 0 Å². The molecular weight excluding hydrogens is 460 g/mol. The van der Waals surface area contributed by atoms with Gasteiger partial charge >= 0.3 is 0 Å². The largest absolute Gasteiger partial charge is 0.421 e. The van der Waals surface area contributed by atoms with Crippen molar-refractivity contribution in [3.63, 3.8) is 0 Å². The molecule has 1 aliphatic carbocycles. The summed E-state index contributed by atoms with van der Waals surface area (Å²) in [5.74, 6) is 1.85. The van der Waals surface area contributed by atoms with E-state index in [-0.39, 0.29) is 29.4 Å². The first-order valence-corrected chi connectivity index (χ1v) is 11.6. The number of aromatic nitrogens is 8. The zero-order valence-corrected chi connectivity index (χ0v) is 20.0. The summed E-state index contributed by atoms with van der Waals surface area (Å²) in [6.07, 6.45) is 6.87. The Morgan fingerprint density at radius 2 is 2.06 bits per heavy atom. The summed E-state index contributed by atoms with van der Waals surface area (Å²) in [4.78, 5) is 27.3. The van der Waals surface area contributed by atoms with Gasteiger partial charge in [-0.2, -0.15) is 5.10 Å². The van der Waals surface area contributed by atoms with Gasteiger partial charge in [-0.25, -0.2) is 15.0 Å². The highest BCUT2D eigenvalue weighted by molar-refractivity contribution is 5.93. The number of rotatable bonds is 6. The molecule has 12 nitrogen and oxygen atoms in total. The molecule has 1 fully saturated rings. The summed E-state index contributed by atoms with van der Waals surface area (Å²) in [5, 5.41) is 16.2. The quantitative estimate of drug-likeness (QED) is 0.367. The fourth-order valence-electron chi connectivity index (χ4n) is 4.44. The van der Waals surface area contributed by atoms with Crippen LogP contribution in [0.3, 0.4) is 0 Å². The molecule has 0 bridgehead atoms. The molecule has 0 aliphatic heterocycles. The molecule has 1 aliphatic rings. The number of hydrogen-bond acceptors (Lipinski definition) is 10. The van der Waals surface area contributed by atoms with Gasteiger partial charge in [-0.15, -0.1) is 10.2 Å². The Morgan fingerprint density at radius 1 is 1.22 bits per heavy atom. The molecule has 1 saturated carbocycles. The molecule has 0 amide bonds. The molecule has 182 valence electrons. The summed E-state index contributed by atoms with van der Waals surface area (Å²) in [7, 11) is 1.85. The first-order valence-electron chi connectivity index (χ1n) is 11.6. The summed E-state index contributed by atoms with van der Waals surface area (Å²) in [6, 6.07) is 5.41. The van der Waals surface area contributed by atoms with E-state index in [4.69, 9.17) is 15.1 Å². The third-order valence-electron chi connectivity index (χ3n) is 6.24. The Bertz CT molecular complexity index is 1660. The number of aryl methyl sites for hydroxylation is 2. The van der Waals surface area contributed by atoms with Crippen LogP contribution in [0.4, 0.5) is 11.6 Å². The minimum absolute atomic E-state index is 0.0689. The third-order valence-corrected chi connectivity index (χ3v) is 6.24. The standard InChI is InChI=1S/C24H24N10O2/c1-12(29-21-19(20(25)26-11-27-21)23-32-31-13(2)36-23)22-30-17-6-4-5-16(14-9-28-33(3)10-14)18(17)24(35)34(22)15-7-8-15/h4-6,9-12,15H,7-8H2,1-3H3,(H3,25,26,27,29)/t12-/m0/s1. The second kappa shape index (κ2) is 8.26. The number of hydrogen-bond donors (Lipinski definition) is 2. The van der Waals surface area contributed by atoms with E-state index < -0.39 is 0 Å². The lowest BCUT2D eigenvalue weighted by molar-refractivity contribution is 0.532. The van der Waals surface area contributed by atoms with Crippen LogP contribution in [0.1, 0.15) is 43.6 Å². The number of nitrogens with one attached hydrogen (secondary N) is 1. The summed E-state index contributed by atoms with van der Waals surface area (Å²) < 4.78 is 9.11.